The molecule has 0 saturated carbocycles. The largest absolute Gasteiger partial charge is 0.478 e. The highest BCUT2D eigenvalue weighted by Crippen LogP contribution is 2.37. The third-order valence-electron chi connectivity index (χ3n) is 3.32. The van der Waals surface area contributed by atoms with Gasteiger partial charge in [0.2, 0.25) is 0 Å². The van der Waals surface area contributed by atoms with Crippen molar-refractivity contribution < 1.29 is 19.4 Å². The molecule has 0 unspecified atom stereocenters. The number of ether oxygens (including phenoxy) is 1. The van der Waals surface area contributed by atoms with Crippen molar-refractivity contribution in [3.8, 4) is 0 Å². The summed E-state index contributed by atoms with van der Waals surface area (Å²) >= 11 is 0. The number of fused-ring (bicyclic) bond motifs is 1. The second kappa shape index (κ2) is 4.30. The van der Waals surface area contributed by atoms with Crippen LogP contribution in [0.5, 0.6) is 0 Å². The van der Waals surface area contributed by atoms with Gasteiger partial charge in [0.1, 0.15) is 5.60 Å². The average molecular weight is 253 g/mol. The van der Waals surface area contributed by atoms with Gasteiger partial charge in [0.15, 0.2) is 0 Å². The second-order valence-corrected chi connectivity index (χ2v) is 6.01. The van der Waals surface area contributed by atoms with E-state index >= 15 is 0 Å². The Morgan fingerprint density at radius 3 is 2.56 bits per heavy atom. The minimum Gasteiger partial charge on any atom is -0.478 e. The molecule has 18 heavy (non-hydrogen) atoms. The molecule has 5 heteroatoms. The minimum atomic E-state index is -0.840. The van der Waals surface area contributed by atoms with E-state index in [-0.39, 0.29) is 17.9 Å². The topological polar surface area (TPSA) is 66.8 Å². The minimum absolute atomic E-state index is 0.170. The summed E-state index contributed by atoms with van der Waals surface area (Å²) in [5.41, 5.74) is -0.00883. The van der Waals surface area contributed by atoms with Crippen molar-refractivity contribution in [2.24, 2.45) is 11.8 Å². The molecule has 2 atom stereocenters. The van der Waals surface area contributed by atoms with Crippen LogP contribution >= 0.6 is 0 Å². The van der Waals surface area contributed by atoms with Crippen molar-refractivity contribution in [3.05, 3.63) is 11.6 Å². The van der Waals surface area contributed by atoms with E-state index in [9.17, 15) is 9.59 Å². The van der Waals surface area contributed by atoms with Gasteiger partial charge in [0, 0.05) is 24.6 Å². The first-order valence-corrected chi connectivity index (χ1v) is 6.18. The Labute approximate surface area is 106 Å². The molecule has 0 radical (unpaired) electrons. The maximum absolute atomic E-state index is 11.9. The molecule has 1 heterocycles. The van der Waals surface area contributed by atoms with Crippen molar-refractivity contribution in [3.63, 3.8) is 0 Å². The summed E-state index contributed by atoms with van der Waals surface area (Å²) in [7, 11) is 0. The number of carboxylic acids is 1. The fraction of sp³-hybridized carbons (Fsp3) is 0.692. The Balaban J connectivity index is 1.95. The van der Waals surface area contributed by atoms with E-state index in [0.29, 0.717) is 25.1 Å². The molecular formula is C13H19NO4. The molecule has 1 aliphatic carbocycles. The van der Waals surface area contributed by atoms with Gasteiger partial charge < -0.3 is 14.7 Å². The number of nitrogens with zero attached hydrogens (tertiary/aromatic N) is 1. The smallest absolute Gasteiger partial charge is 0.410 e. The molecule has 100 valence electrons. The Kier molecular flexibility index (Phi) is 3.09. The predicted molar refractivity (Wildman–Crippen MR) is 65.1 cm³/mol. The lowest BCUT2D eigenvalue weighted by atomic mass is 10.00. The molecule has 1 aliphatic heterocycles. The average Bonchev–Trinajstić information content (AvgIpc) is 2.69. The van der Waals surface area contributed by atoms with Crippen molar-refractivity contribution >= 4 is 12.1 Å². The molecule has 1 N–H and O–H groups in total. The summed E-state index contributed by atoms with van der Waals surface area (Å²) in [5, 5.41) is 8.92. The second-order valence-electron chi connectivity index (χ2n) is 6.01. The van der Waals surface area contributed by atoms with Crippen molar-refractivity contribution in [2.75, 3.05) is 13.1 Å². The molecule has 1 fully saturated rings. The zero-order valence-electron chi connectivity index (χ0n) is 11.0. The van der Waals surface area contributed by atoms with Crippen LogP contribution in [-0.4, -0.2) is 40.8 Å². The van der Waals surface area contributed by atoms with Crippen LogP contribution in [0.1, 0.15) is 27.2 Å². The summed E-state index contributed by atoms with van der Waals surface area (Å²) in [6.45, 7) is 6.67. The molecule has 1 amide bonds. The van der Waals surface area contributed by atoms with Gasteiger partial charge in [-0.3, -0.25) is 0 Å². The molecule has 0 aromatic heterocycles. The van der Waals surface area contributed by atoms with Crippen molar-refractivity contribution in [1.29, 1.82) is 0 Å². The first-order chi connectivity index (χ1) is 8.26. The Hall–Kier alpha value is -1.52. The zero-order valence-corrected chi connectivity index (χ0v) is 11.0. The zero-order chi connectivity index (χ0) is 13.5. The van der Waals surface area contributed by atoms with Crippen LogP contribution in [0.25, 0.3) is 0 Å². The van der Waals surface area contributed by atoms with E-state index < -0.39 is 11.6 Å². The maximum Gasteiger partial charge on any atom is 0.410 e. The van der Waals surface area contributed by atoms with Gasteiger partial charge >= 0.3 is 12.1 Å². The van der Waals surface area contributed by atoms with E-state index in [4.69, 9.17) is 9.84 Å². The maximum atomic E-state index is 11.9. The van der Waals surface area contributed by atoms with E-state index in [0.717, 1.165) is 0 Å². The molecule has 1 saturated heterocycles. The number of aliphatic carboxylic acids is 1. The van der Waals surface area contributed by atoms with Crippen LogP contribution in [0.15, 0.2) is 11.6 Å². The van der Waals surface area contributed by atoms with Gasteiger partial charge in [0.05, 0.1) is 0 Å². The van der Waals surface area contributed by atoms with Gasteiger partial charge in [-0.25, -0.2) is 9.59 Å². The monoisotopic (exact) mass is 253 g/mol. The summed E-state index contributed by atoms with van der Waals surface area (Å²) in [5.74, 6) is -0.430. The van der Waals surface area contributed by atoms with Gasteiger partial charge in [-0.1, -0.05) is 6.08 Å². The van der Waals surface area contributed by atoms with Gasteiger partial charge in [-0.2, -0.15) is 0 Å². The fourth-order valence-corrected chi connectivity index (χ4v) is 2.54. The summed E-state index contributed by atoms with van der Waals surface area (Å²) in [6.07, 6.45) is 2.04. The lowest BCUT2D eigenvalue weighted by Gasteiger charge is -2.24. The third kappa shape index (κ3) is 2.66. The van der Waals surface area contributed by atoms with Gasteiger partial charge in [-0.15, -0.1) is 0 Å². The number of likely N-dealkylation sites (tertiary alicyclic amines) is 1. The normalized spacial score (nSPS) is 26.8. The molecule has 2 aliphatic rings. The first-order valence-electron chi connectivity index (χ1n) is 6.18. The Morgan fingerprint density at radius 1 is 1.39 bits per heavy atom. The predicted octanol–water partition coefficient (Wildman–Crippen LogP) is 1.88. The highest BCUT2D eigenvalue weighted by molar-refractivity contribution is 5.87. The van der Waals surface area contributed by atoms with E-state index in [1.54, 1.807) is 11.0 Å². The lowest BCUT2D eigenvalue weighted by molar-refractivity contribution is -0.132. The first kappa shape index (κ1) is 12.9. The van der Waals surface area contributed by atoms with E-state index in [1.807, 2.05) is 20.8 Å². The Bertz CT molecular complexity index is 408. The Morgan fingerprint density at radius 2 is 2.06 bits per heavy atom. The fourth-order valence-electron chi connectivity index (χ4n) is 2.54. The number of amides is 1. The number of carbonyl (C=O) groups is 2. The summed E-state index contributed by atoms with van der Waals surface area (Å²) < 4.78 is 5.31. The third-order valence-corrected chi connectivity index (χ3v) is 3.32. The van der Waals surface area contributed by atoms with Gasteiger partial charge in [-0.05, 0) is 33.1 Å². The lowest BCUT2D eigenvalue weighted by Crippen LogP contribution is -2.35. The van der Waals surface area contributed by atoms with Crippen LogP contribution in [0, 0.1) is 11.8 Å². The van der Waals surface area contributed by atoms with Crippen molar-refractivity contribution in [2.45, 2.75) is 32.8 Å². The number of carboxylic acid groups (broad SMARTS) is 1. The van der Waals surface area contributed by atoms with Crippen molar-refractivity contribution in [1.82, 2.24) is 4.90 Å². The number of rotatable bonds is 1. The van der Waals surface area contributed by atoms with Crippen LogP contribution in [0.3, 0.4) is 0 Å². The number of hydrogen-bond acceptors (Lipinski definition) is 3. The standard InChI is InChI=1S/C13H19NO4/c1-13(2,3)18-12(17)14-6-9-4-8(11(15)16)5-10(9)7-14/h4,9-10H,5-7H2,1-3H3,(H,15,16)/t9-,10+/m0/s1. The van der Waals surface area contributed by atoms with Crippen LogP contribution < -0.4 is 0 Å². The molecule has 2 rings (SSSR count). The molecule has 0 bridgehead atoms. The number of hydrogen-bond donors (Lipinski definition) is 1. The quantitative estimate of drug-likeness (QED) is 0.774. The molecule has 0 aromatic carbocycles. The highest BCUT2D eigenvalue weighted by Gasteiger charge is 2.40. The number of carbonyl (C=O) groups excluding carboxylic acids is 1. The molecular weight excluding hydrogens is 234 g/mol. The van der Waals surface area contributed by atoms with Crippen LogP contribution in [0.4, 0.5) is 4.79 Å². The SMILES string of the molecule is CC(C)(C)OC(=O)N1C[C@H]2CC(C(=O)O)=C[C@H]2C1. The summed E-state index contributed by atoms with van der Waals surface area (Å²) in [6, 6.07) is 0. The van der Waals surface area contributed by atoms with Crippen LogP contribution in [0.2, 0.25) is 0 Å². The van der Waals surface area contributed by atoms with E-state index in [1.165, 1.54) is 0 Å². The molecule has 0 aromatic rings. The summed E-state index contributed by atoms with van der Waals surface area (Å²) in [4.78, 5) is 24.4. The van der Waals surface area contributed by atoms with Gasteiger partial charge in [0.25, 0.3) is 0 Å². The van der Waals surface area contributed by atoms with E-state index in [2.05, 4.69) is 0 Å². The van der Waals surface area contributed by atoms with Crippen LogP contribution in [-0.2, 0) is 9.53 Å². The highest BCUT2D eigenvalue weighted by atomic mass is 16.6. The molecule has 0 spiro atoms. The molecule has 5 nitrogen and oxygen atoms in total.